The van der Waals surface area contributed by atoms with E-state index in [-0.39, 0.29) is 12.2 Å². The zero-order valence-corrected chi connectivity index (χ0v) is 8.48. The van der Waals surface area contributed by atoms with Gasteiger partial charge in [0.1, 0.15) is 11.6 Å². The minimum atomic E-state index is -0.644. The lowest BCUT2D eigenvalue weighted by atomic mass is 10.1. The highest BCUT2D eigenvalue weighted by molar-refractivity contribution is 5.38. The first-order valence-corrected chi connectivity index (χ1v) is 4.70. The second-order valence-corrected chi connectivity index (χ2v) is 3.21. The van der Waals surface area contributed by atoms with E-state index >= 15 is 0 Å². The zero-order chi connectivity index (χ0) is 11.3. The summed E-state index contributed by atoms with van der Waals surface area (Å²) in [5.74, 6) is 4.13. The van der Waals surface area contributed by atoms with Gasteiger partial charge in [0.25, 0.3) is 0 Å². The number of hydrogen-bond donors (Lipinski definition) is 1. The van der Waals surface area contributed by atoms with Crippen molar-refractivity contribution in [1.82, 2.24) is 0 Å². The van der Waals surface area contributed by atoms with Crippen molar-refractivity contribution < 1.29 is 13.9 Å². The molecule has 0 aliphatic heterocycles. The molecule has 0 amide bonds. The van der Waals surface area contributed by atoms with Gasteiger partial charge in [-0.1, -0.05) is 11.8 Å². The summed E-state index contributed by atoms with van der Waals surface area (Å²) in [6.45, 7) is 1.63. The topological polar surface area (TPSA) is 20.2 Å². The summed E-state index contributed by atoms with van der Waals surface area (Å²) in [5.41, 5.74) is 0.578. The number of hydrogen-bond acceptors (Lipinski definition) is 1. The number of aliphatic hydroxyl groups is 1. The van der Waals surface area contributed by atoms with E-state index in [0.29, 0.717) is 18.4 Å². The lowest BCUT2D eigenvalue weighted by Crippen LogP contribution is -1.90. The molecule has 0 bridgehead atoms. The Morgan fingerprint density at radius 3 is 2.67 bits per heavy atom. The van der Waals surface area contributed by atoms with Gasteiger partial charge in [0.15, 0.2) is 0 Å². The van der Waals surface area contributed by atoms with Crippen molar-refractivity contribution in [1.29, 1.82) is 0 Å². The van der Waals surface area contributed by atoms with Crippen LogP contribution < -0.4 is 0 Å². The fourth-order valence-corrected chi connectivity index (χ4v) is 1.08. The molecular formula is C12H12F2O. The summed E-state index contributed by atoms with van der Waals surface area (Å²) in [7, 11) is 0. The summed E-state index contributed by atoms with van der Waals surface area (Å²) in [5, 5.41) is 8.51. The molecule has 1 N–H and O–H groups in total. The van der Waals surface area contributed by atoms with Crippen LogP contribution in [0.15, 0.2) is 12.1 Å². The predicted octanol–water partition coefficient (Wildman–Crippen LogP) is 2.40. The quantitative estimate of drug-likeness (QED) is 0.587. The molecule has 0 fully saturated rings. The Bertz CT molecular complexity index is 402. The Kier molecular flexibility index (Phi) is 4.26. The third-order valence-electron chi connectivity index (χ3n) is 1.93. The molecule has 15 heavy (non-hydrogen) atoms. The Labute approximate surface area is 87.7 Å². The van der Waals surface area contributed by atoms with Crippen LogP contribution in [-0.4, -0.2) is 11.7 Å². The van der Waals surface area contributed by atoms with E-state index < -0.39 is 11.6 Å². The fraction of sp³-hybridized carbons (Fsp3) is 0.333. The van der Waals surface area contributed by atoms with E-state index in [2.05, 4.69) is 11.8 Å². The van der Waals surface area contributed by atoms with Crippen molar-refractivity contribution in [2.24, 2.45) is 0 Å². The van der Waals surface area contributed by atoms with Gasteiger partial charge in [0, 0.05) is 19.1 Å². The van der Waals surface area contributed by atoms with Crippen LogP contribution in [0.4, 0.5) is 8.78 Å². The van der Waals surface area contributed by atoms with E-state index in [4.69, 9.17) is 5.11 Å². The molecular weight excluding hydrogens is 198 g/mol. The molecule has 0 spiro atoms. The fourth-order valence-electron chi connectivity index (χ4n) is 1.08. The third kappa shape index (κ3) is 3.34. The number of rotatable bonds is 2. The summed E-state index contributed by atoms with van der Waals surface area (Å²) in [6, 6.07) is 2.22. The maximum absolute atomic E-state index is 13.1. The molecule has 3 heteroatoms. The molecule has 0 heterocycles. The van der Waals surface area contributed by atoms with E-state index in [1.54, 1.807) is 6.92 Å². The van der Waals surface area contributed by atoms with Gasteiger partial charge in [-0.15, -0.1) is 0 Å². The van der Waals surface area contributed by atoms with Crippen LogP contribution in [0.25, 0.3) is 0 Å². The van der Waals surface area contributed by atoms with Gasteiger partial charge in [-0.2, -0.15) is 0 Å². The summed E-state index contributed by atoms with van der Waals surface area (Å²) in [4.78, 5) is 0. The monoisotopic (exact) mass is 210 g/mol. The first-order valence-electron chi connectivity index (χ1n) is 4.70. The van der Waals surface area contributed by atoms with Gasteiger partial charge < -0.3 is 5.11 Å². The average Bonchev–Trinajstić information content (AvgIpc) is 2.20. The zero-order valence-electron chi connectivity index (χ0n) is 8.48. The van der Waals surface area contributed by atoms with Crippen molar-refractivity contribution in [3.63, 3.8) is 0 Å². The molecule has 80 valence electrons. The highest BCUT2D eigenvalue weighted by Gasteiger charge is 2.04. The van der Waals surface area contributed by atoms with Crippen molar-refractivity contribution in [3.05, 3.63) is 34.9 Å². The van der Waals surface area contributed by atoms with E-state index in [1.807, 2.05) is 0 Å². The summed E-state index contributed by atoms with van der Waals surface area (Å²) >= 11 is 0. The number of benzene rings is 1. The maximum atomic E-state index is 13.1. The largest absolute Gasteiger partial charge is 0.396 e. The third-order valence-corrected chi connectivity index (χ3v) is 1.93. The number of aliphatic hydroxyl groups excluding tert-OH is 1. The lowest BCUT2D eigenvalue weighted by Gasteiger charge is -1.98. The van der Waals surface area contributed by atoms with Crippen molar-refractivity contribution in [3.8, 4) is 11.8 Å². The van der Waals surface area contributed by atoms with Crippen molar-refractivity contribution in [2.75, 3.05) is 6.61 Å². The maximum Gasteiger partial charge on any atom is 0.141 e. The Balaban J connectivity index is 2.84. The molecule has 0 saturated heterocycles. The van der Waals surface area contributed by atoms with Gasteiger partial charge >= 0.3 is 0 Å². The summed E-state index contributed by atoms with van der Waals surface area (Å²) in [6.07, 6.45) is 1.07. The van der Waals surface area contributed by atoms with Gasteiger partial charge in [-0.25, -0.2) is 8.78 Å². The molecule has 1 nitrogen and oxygen atoms in total. The number of halogens is 2. The first-order chi connectivity index (χ1) is 7.15. The second-order valence-electron chi connectivity index (χ2n) is 3.21. The van der Waals surface area contributed by atoms with Gasteiger partial charge in [0.05, 0.1) is 5.56 Å². The molecule has 0 aliphatic carbocycles. The first kappa shape index (κ1) is 11.7. The molecule has 1 rings (SSSR count). The van der Waals surface area contributed by atoms with E-state index in [1.165, 1.54) is 6.07 Å². The van der Waals surface area contributed by atoms with E-state index in [9.17, 15) is 8.78 Å². The van der Waals surface area contributed by atoms with Crippen LogP contribution in [-0.2, 0) is 0 Å². The predicted molar refractivity (Wildman–Crippen MR) is 54.3 cm³/mol. The molecule has 0 unspecified atom stereocenters. The van der Waals surface area contributed by atoms with Crippen LogP contribution in [0.2, 0.25) is 0 Å². The van der Waals surface area contributed by atoms with Crippen molar-refractivity contribution >= 4 is 0 Å². The van der Waals surface area contributed by atoms with Gasteiger partial charge in [-0.3, -0.25) is 0 Å². The number of unbranched alkanes of at least 4 members (excludes halogenated alkanes) is 1. The van der Waals surface area contributed by atoms with Crippen LogP contribution in [0.3, 0.4) is 0 Å². The van der Waals surface area contributed by atoms with Gasteiger partial charge in [0.2, 0.25) is 0 Å². The van der Waals surface area contributed by atoms with E-state index in [0.717, 1.165) is 6.07 Å². The summed E-state index contributed by atoms with van der Waals surface area (Å²) < 4.78 is 26.0. The molecule has 1 aromatic carbocycles. The highest BCUT2D eigenvalue weighted by atomic mass is 19.1. The lowest BCUT2D eigenvalue weighted by molar-refractivity contribution is 0.290. The average molecular weight is 210 g/mol. The number of aryl methyl sites for hydroxylation is 1. The minimum Gasteiger partial charge on any atom is -0.396 e. The Morgan fingerprint density at radius 2 is 2.00 bits per heavy atom. The van der Waals surface area contributed by atoms with Crippen LogP contribution in [0, 0.1) is 30.4 Å². The molecule has 0 aromatic heterocycles. The van der Waals surface area contributed by atoms with Gasteiger partial charge in [-0.05, 0) is 25.0 Å². The Hall–Kier alpha value is -1.40. The molecule has 0 radical (unpaired) electrons. The molecule has 1 aromatic rings. The SMILES string of the molecule is Cc1cc(C#CCCCO)c(F)cc1F. The minimum absolute atomic E-state index is 0.0691. The Morgan fingerprint density at radius 1 is 1.27 bits per heavy atom. The second kappa shape index (κ2) is 5.47. The van der Waals surface area contributed by atoms with Crippen LogP contribution in [0.5, 0.6) is 0 Å². The normalized spacial score (nSPS) is 9.60. The van der Waals surface area contributed by atoms with Crippen LogP contribution in [0.1, 0.15) is 24.0 Å². The molecule has 0 aliphatic rings. The highest BCUT2D eigenvalue weighted by Crippen LogP contribution is 2.12. The molecule has 0 atom stereocenters. The van der Waals surface area contributed by atoms with Crippen LogP contribution >= 0.6 is 0 Å². The van der Waals surface area contributed by atoms with Crippen molar-refractivity contribution in [2.45, 2.75) is 19.8 Å². The molecule has 0 saturated carbocycles. The standard InChI is InChI=1S/C12H12F2O/c1-9-7-10(5-3-2-4-6-15)12(14)8-11(9)13/h7-8,15H,2,4,6H2,1H3. The smallest absolute Gasteiger partial charge is 0.141 e.